The summed E-state index contributed by atoms with van der Waals surface area (Å²) in [7, 11) is 2.13. The van der Waals surface area contributed by atoms with Crippen molar-refractivity contribution < 1.29 is 0 Å². The Balaban J connectivity index is 1.81. The van der Waals surface area contributed by atoms with Crippen LogP contribution in [0.4, 0.5) is 0 Å². The molecular formula is C16H24N2. The van der Waals surface area contributed by atoms with E-state index in [1.165, 1.54) is 43.4 Å². The molecule has 2 aliphatic rings. The van der Waals surface area contributed by atoms with Crippen molar-refractivity contribution in [2.24, 2.45) is 11.8 Å². The van der Waals surface area contributed by atoms with Crippen molar-refractivity contribution >= 4 is 0 Å². The van der Waals surface area contributed by atoms with Gasteiger partial charge in [0.25, 0.3) is 0 Å². The molecule has 0 spiro atoms. The van der Waals surface area contributed by atoms with E-state index in [0.717, 1.165) is 11.8 Å². The number of likely N-dealkylation sites (N-methyl/N-ethyl adjacent to an activating group) is 1. The molecule has 98 valence electrons. The summed E-state index contributed by atoms with van der Waals surface area (Å²) in [5.74, 6) is 2.40. The van der Waals surface area contributed by atoms with Crippen LogP contribution in [-0.4, -0.2) is 18.1 Å². The number of aryl methyl sites for hydroxylation is 1. The molecule has 4 atom stereocenters. The highest BCUT2D eigenvalue weighted by Gasteiger charge is 2.37. The van der Waals surface area contributed by atoms with Crippen LogP contribution < -0.4 is 5.32 Å². The summed E-state index contributed by atoms with van der Waals surface area (Å²) in [6, 6.07) is 4.96. The van der Waals surface area contributed by atoms with Gasteiger partial charge in [-0.15, -0.1) is 0 Å². The lowest BCUT2D eigenvalue weighted by Gasteiger charge is -2.29. The molecule has 1 fully saturated rings. The Morgan fingerprint density at radius 1 is 1.33 bits per heavy atom. The smallest absolute Gasteiger partial charge is 0.0482 e. The van der Waals surface area contributed by atoms with E-state index in [2.05, 4.69) is 36.4 Å². The number of hydrogen-bond acceptors (Lipinski definition) is 2. The molecule has 4 unspecified atom stereocenters. The van der Waals surface area contributed by atoms with Gasteiger partial charge in [-0.1, -0.05) is 19.4 Å². The number of nitrogens with one attached hydrogen (secondary N) is 1. The first kappa shape index (κ1) is 12.2. The van der Waals surface area contributed by atoms with E-state index in [1.54, 1.807) is 0 Å². The SMILES string of the molecule is CNC(C1CCC(C)C1)C1CCc2cccnc21. The van der Waals surface area contributed by atoms with Gasteiger partial charge in [0.05, 0.1) is 0 Å². The summed E-state index contributed by atoms with van der Waals surface area (Å²) in [6.45, 7) is 2.40. The molecule has 2 heteroatoms. The Bertz CT molecular complexity index is 415. The highest BCUT2D eigenvalue weighted by atomic mass is 14.9. The minimum Gasteiger partial charge on any atom is -0.316 e. The van der Waals surface area contributed by atoms with Gasteiger partial charge < -0.3 is 5.32 Å². The topological polar surface area (TPSA) is 24.9 Å². The number of nitrogens with zero attached hydrogens (tertiary/aromatic N) is 1. The number of pyridine rings is 1. The average molecular weight is 244 g/mol. The van der Waals surface area contributed by atoms with E-state index in [9.17, 15) is 0 Å². The molecule has 0 amide bonds. The fourth-order valence-electron chi connectivity index (χ4n) is 4.14. The minimum absolute atomic E-state index is 0.631. The normalized spacial score (nSPS) is 32.4. The van der Waals surface area contributed by atoms with Gasteiger partial charge in [0, 0.05) is 23.9 Å². The van der Waals surface area contributed by atoms with Gasteiger partial charge in [-0.3, -0.25) is 4.98 Å². The van der Waals surface area contributed by atoms with Crippen molar-refractivity contribution in [3.8, 4) is 0 Å². The van der Waals surface area contributed by atoms with Crippen molar-refractivity contribution in [2.75, 3.05) is 7.05 Å². The second-order valence-corrected chi connectivity index (χ2v) is 6.19. The lowest BCUT2D eigenvalue weighted by atomic mass is 9.85. The molecule has 1 aromatic heterocycles. The zero-order chi connectivity index (χ0) is 12.5. The molecule has 2 aliphatic carbocycles. The number of fused-ring (bicyclic) bond motifs is 1. The highest BCUT2D eigenvalue weighted by molar-refractivity contribution is 5.30. The van der Waals surface area contributed by atoms with Crippen molar-refractivity contribution in [2.45, 2.75) is 51.0 Å². The van der Waals surface area contributed by atoms with Crippen LogP contribution in [-0.2, 0) is 6.42 Å². The summed E-state index contributed by atoms with van der Waals surface area (Å²) in [5, 5.41) is 3.61. The first-order valence-electron chi connectivity index (χ1n) is 7.40. The molecule has 1 heterocycles. The van der Waals surface area contributed by atoms with Crippen LogP contribution in [0.2, 0.25) is 0 Å². The molecule has 0 saturated heterocycles. The summed E-state index contributed by atoms with van der Waals surface area (Å²) in [6.07, 6.45) is 8.65. The van der Waals surface area contributed by atoms with E-state index >= 15 is 0 Å². The zero-order valence-electron chi connectivity index (χ0n) is 11.5. The minimum atomic E-state index is 0.631. The van der Waals surface area contributed by atoms with Crippen LogP contribution in [0.5, 0.6) is 0 Å². The van der Waals surface area contributed by atoms with E-state index in [0.29, 0.717) is 12.0 Å². The maximum atomic E-state index is 4.66. The second-order valence-electron chi connectivity index (χ2n) is 6.19. The van der Waals surface area contributed by atoms with E-state index in [-0.39, 0.29) is 0 Å². The fourth-order valence-corrected chi connectivity index (χ4v) is 4.14. The number of aromatic nitrogens is 1. The third-order valence-electron chi connectivity index (χ3n) is 5.01. The van der Waals surface area contributed by atoms with Crippen LogP contribution in [0.15, 0.2) is 18.3 Å². The third kappa shape index (κ3) is 2.07. The summed E-state index contributed by atoms with van der Waals surface area (Å²) < 4.78 is 0. The Kier molecular flexibility index (Phi) is 3.38. The molecule has 0 radical (unpaired) electrons. The largest absolute Gasteiger partial charge is 0.316 e. The molecule has 1 aromatic rings. The van der Waals surface area contributed by atoms with Gasteiger partial charge in [-0.05, 0) is 56.2 Å². The van der Waals surface area contributed by atoms with Crippen molar-refractivity contribution in [1.29, 1.82) is 0 Å². The quantitative estimate of drug-likeness (QED) is 0.883. The van der Waals surface area contributed by atoms with E-state index < -0.39 is 0 Å². The Labute approximate surface area is 110 Å². The summed E-state index contributed by atoms with van der Waals surface area (Å²) in [5.41, 5.74) is 2.85. The number of rotatable bonds is 3. The van der Waals surface area contributed by atoms with E-state index in [4.69, 9.17) is 0 Å². The summed E-state index contributed by atoms with van der Waals surface area (Å²) in [4.78, 5) is 4.66. The van der Waals surface area contributed by atoms with Crippen LogP contribution in [0.3, 0.4) is 0 Å². The Morgan fingerprint density at radius 2 is 2.22 bits per heavy atom. The summed E-state index contributed by atoms with van der Waals surface area (Å²) >= 11 is 0. The number of hydrogen-bond donors (Lipinski definition) is 1. The third-order valence-corrected chi connectivity index (χ3v) is 5.01. The van der Waals surface area contributed by atoms with Crippen LogP contribution >= 0.6 is 0 Å². The molecule has 0 aliphatic heterocycles. The monoisotopic (exact) mass is 244 g/mol. The maximum absolute atomic E-state index is 4.66. The lowest BCUT2D eigenvalue weighted by molar-refractivity contribution is 0.315. The molecule has 18 heavy (non-hydrogen) atoms. The van der Waals surface area contributed by atoms with Gasteiger partial charge in [0.15, 0.2) is 0 Å². The first-order chi connectivity index (χ1) is 8.79. The van der Waals surface area contributed by atoms with Crippen molar-refractivity contribution in [3.63, 3.8) is 0 Å². The van der Waals surface area contributed by atoms with Gasteiger partial charge >= 0.3 is 0 Å². The van der Waals surface area contributed by atoms with Gasteiger partial charge in [0.2, 0.25) is 0 Å². The zero-order valence-corrected chi connectivity index (χ0v) is 11.5. The van der Waals surface area contributed by atoms with Crippen molar-refractivity contribution in [1.82, 2.24) is 10.3 Å². The first-order valence-corrected chi connectivity index (χ1v) is 7.40. The average Bonchev–Trinajstić information content (AvgIpc) is 2.98. The molecule has 0 bridgehead atoms. The molecule has 3 rings (SSSR count). The standard InChI is InChI=1S/C16H24N2/c1-11-5-6-13(10-11)15(17-2)14-8-7-12-4-3-9-18-16(12)14/h3-4,9,11,13-15,17H,5-8,10H2,1-2H3. The molecule has 2 nitrogen and oxygen atoms in total. The molecular weight excluding hydrogens is 220 g/mol. The van der Waals surface area contributed by atoms with Crippen LogP contribution in [0.1, 0.15) is 49.8 Å². The Hall–Kier alpha value is -0.890. The van der Waals surface area contributed by atoms with Crippen LogP contribution in [0.25, 0.3) is 0 Å². The fraction of sp³-hybridized carbons (Fsp3) is 0.688. The van der Waals surface area contributed by atoms with Gasteiger partial charge in [-0.25, -0.2) is 0 Å². The van der Waals surface area contributed by atoms with E-state index in [1.807, 2.05) is 6.20 Å². The predicted molar refractivity (Wildman–Crippen MR) is 74.7 cm³/mol. The lowest BCUT2D eigenvalue weighted by Crippen LogP contribution is -2.37. The molecule has 0 aromatic carbocycles. The predicted octanol–water partition coefficient (Wildman–Crippen LogP) is 3.14. The molecule has 1 saturated carbocycles. The second kappa shape index (κ2) is 5.00. The Morgan fingerprint density at radius 3 is 2.94 bits per heavy atom. The van der Waals surface area contributed by atoms with Gasteiger partial charge in [-0.2, -0.15) is 0 Å². The van der Waals surface area contributed by atoms with Crippen molar-refractivity contribution in [3.05, 3.63) is 29.6 Å². The maximum Gasteiger partial charge on any atom is 0.0482 e. The van der Waals surface area contributed by atoms with Gasteiger partial charge in [0.1, 0.15) is 0 Å². The van der Waals surface area contributed by atoms with Crippen LogP contribution in [0, 0.1) is 11.8 Å². The molecule has 1 N–H and O–H groups in total. The highest BCUT2D eigenvalue weighted by Crippen LogP contribution is 2.42.